The second-order valence-electron chi connectivity index (χ2n) is 3.79. The molecule has 1 amide bonds. The van der Waals surface area contributed by atoms with Crippen molar-refractivity contribution in [3.05, 3.63) is 35.9 Å². The van der Waals surface area contributed by atoms with E-state index in [0.717, 1.165) is 5.56 Å². The molecule has 1 fully saturated rings. The average Bonchev–Trinajstić information content (AvgIpc) is 2.70. The maximum absolute atomic E-state index is 11.4. The number of ether oxygens (including phenoxy) is 2. The van der Waals surface area contributed by atoms with Gasteiger partial charge >= 0.3 is 12.1 Å². The van der Waals surface area contributed by atoms with E-state index in [4.69, 9.17) is 4.74 Å². The summed E-state index contributed by atoms with van der Waals surface area (Å²) in [6.45, 7) is 0. The summed E-state index contributed by atoms with van der Waals surface area (Å²) in [5.41, 5.74) is 1.03. The molecule has 2 unspecified atom stereocenters. The van der Waals surface area contributed by atoms with Gasteiger partial charge in [-0.1, -0.05) is 30.3 Å². The molecule has 1 aromatic rings. The van der Waals surface area contributed by atoms with Crippen LogP contribution in [0.3, 0.4) is 0 Å². The van der Waals surface area contributed by atoms with Crippen LogP contribution >= 0.6 is 0 Å². The van der Waals surface area contributed by atoms with Gasteiger partial charge in [0.25, 0.3) is 0 Å². The van der Waals surface area contributed by atoms with Crippen LogP contribution in [0.15, 0.2) is 30.3 Å². The topological polar surface area (TPSA) is 64.6 Å². The molecule has 2 atom stereocenters. The second-order valence-corrected chi connectivity index (χ2v) is 3.79. The van der Waals surface area contributed by atoms with Crippen molar-refractivity contribution in [1.29, 1.82) is 0 Å². The third kappa shape index (κ3) is 2.55. The zero-order valence-electron chi connectivity index (χ0n) is 9.38. The Hall–Kier alpha value is -2.04. The number of carbonyl (C=O) groups excluding carboxylic acids is 2. The molecule has 1 saturated heterocycles. The molecule has 0 aromatic heterocycles. The molecule has 0 spiro atoms. The number of rotatable bonds is 3. The van der Waals surface area contributed by atoms with Gasteiger partial charge in [-0.25, -0.2) is 9.59 Å². The quantitative estimate of drug-likeness (QED) is 0.790. The molecule has 1 N–H and O–H groups in total. The molecule has 5 heteroatoms. The van der Waals surface area contributed by atoms with E-state index in [2.05, 4.69) is 10.1 Å². The van der Waals surface area contributed by atoms with Crippen molar-refractivity contribution in [2.24, 2.45) is 0 Å². The average molecular weight is 235 g/mol. The van der Waals surface area contributed by atoms with Crippen LogP contribution in [0.2, 0.25) is 0 Å². The van der Waals surface area contributed by atoms with E-state index in [9.17, 15) is 9.59 Å². The van der Waals surface area contributed by atoms with Crippen molar-refractivity contribution in [1.82, 2.24) is 5.32 Å². The van der Waals surface area contributed by atoms with Gasteiger partial charge in [-0.15, -0.1) is 0 Å². The first kappa shape index (κ1) is 11.4. The third-order valence-electron chi connectivity index (χ3n) is 2.63. The monoisotopic (exact) mass is 235 g/mol. The molecule has 2 rings (SSSR count). The van der Waals surface area contributed by atoms with Gasteiger partial charge in [0.05, 0.1) is 13.2 Å². The smallest absolute Gasteiger partial charge is 0.408 e. The fourth-order valence-corrected chi connectivity index (χ4v) is 1.81. The lowest BCUT2D eigenvalue weighted by Gasteiger charge is -2.14. The molecule has 1 aromatic carbocycles. The van der Waals surface area contributed by atoms with Crippen LogP contribution in [0.5, 0.6) is 0 Å². The molecule has 1 heterocycles. The number of methoxy groups -OCH3 is 1. The van der Waals surface area contributed by atoms with Crippen LogP contribution in [-0.4, -0.2) is 31.3 Å². The standard InChI is InChI=1S/C12H13NO4/c1-16-11(14)10-9(13-12(15)17-10)7-8-5-3-2-4-6-8/h2-6,9-10H,7H2,1H3,(H,13,15). The molecule has 5 nitrogen and oxygen atoms in total. The van der Waals surface area contributed by atoms with Crippen molar-refractivity contribution < 1.29 is 19.1 Å². The second kappa shape index (κ2) is 4.86. The summed E-state index contributed by atoms with van der Waals surface area (Å²) in [5, 5.41) is 2.61. The Morgan fingerprint density at radius 2 is 2.12 bits per heavy atom. The van der Waals surface area contributed by atoms with E-state index in [1.807, 2.05) is 30.3 Å². The molecular weight excluding hydrogens is 222 g/mol. The van der Waals surface area contributed by atoms with Crippen LogP contribution in [0.4, 0.5) is 4.79 Å². The van der Waals surface area contributed by atoms with E-state index < -0.39 is 18.2 Å². The molecule has 90 valence electrons. The Kier molecular flexibility index (Phi) is 3.27. The summed E-state index contributed by atoms with van der Waals surface area (Å²) < 4.78 is 9.47. The van der Waals surface area contributed by atoms with Gasteiger partial charge in [-0.2, -0.15) is 0 Å². The lowest BCUT2D eigenvalue weighted by molar-refractivity contribution is -0.149. The zero-order chi connectivity index (χ0) is 12.3. The van der Waals surface area contributed by atoms with E-state index in [1.165, 1.54) is 7.11 Å². The largest absolute Gasteiger partial charge is 0.466 e. The minimum atomic E-state index is -0.868. The Morgan fingerprint density at radius 1 is 1.41 bits per heavy atom. The molecule has 0 radical (unpaired) electrons. The van der Waals surface area contributed by atoms with Gasteiger partial charge in [-0.3, -0.25) is 0 Å². The maximum atomic E-state index is 11.4. The van der Waals surface area contributed by atoms with Gasteiger partial charge in [0.1, 0.15) is 0 Å². The Bertz CT molecular complexity index is 418. The van der Waals surface area contributed by atoms with Crippen LogP contribution in [0.1, 0.15) is 5.56 Å². The highest BCUT2D eigenvalue weighted by Crippen LogP contribution is 2.15. The van der Waals surface area contributed by atoms with Crippen LogP contribution in [0.25, 0.3) is 0 Å². The molecule has 0 aliphatic carbocycles. The van der Waals surface area contributed by atoms with Gasteiger partial charge in [0.15, 0.2) is 0 Å². The molecular formula is C12H13NO4. The number of carbonyl (C=O) groups is 2. The predicted octanol–water partition coefficient (Wildman–Crippen LogP) is 0.879. The Balaban J connectivity index is 2.08. The number of hydrogen-bond acceptors (Lipinski definition) is 4. The van der Waals surface area contributed by atoms with E-state index >= 15 is 0 Å². The number of esters is 1. The number of cyclic esters (lactones) is 1. The minimum Gasteiger partial charge on any atom is -0.466 e. The van der Waals surface area contributed by atoms with E-state index in [1.54, 1.807) is 0 Å². The van der Waals surface area contributed by atoms with Crippen molar-refractivity contribution in [3.8, 4) is 0 Å². The first-order chi connectivity index (χ1) is 8.20. The summed E-state index contributed by atoms with van der Waals surface area (Å²) in [7, 11) is 1.27. The van der Waals surface area contributed by atoms with Gasteiger partial charge < -0.3 is 14.8 Å². The number of benzene rings is 1. The first-order valence-corrected chi connectivity index (χ1v) is 5.29. The fraction of sp³-hybridized carbons (Fsp3) is 0.333. The minimum absolute atomic E-state index is 0.377. The highest BCUT2D eigenvalue weighted by molar-refractivity contribution is 5.83. The fourth-order valence-electron chi connectivity index (χ4n) is 1.81. The Labute approximate surface area is 98.7 Å². The summed E-state index contributed by atoms with van der Waals surface area (Å²) in [6.07, 6.45) is -0.916. The van der Waals surface area contributed by atoms with Crippen LogP contribution in [0, 0.1) is 0 Å². The van der Waals surface area contributed by atoms with Gasteiger partial charge in [0.2, 0.25) is 6.10 Å². The Morgan fingerprint density at radius 3 is 2.76 bits per heavy atom. The summed E-state index contributed by atoms with van der Waals surface area (Å²) in [6, 6.07) is 9.19. The van der Waals surface area contributed by atoms with Crippen molar-refractivity contribution in [2.75, 3.05) is 7.11 Å². The lowest BCUT2D eigenvalue weighted by Crippen LogP contribution is -2.38. The SMILES string of the molecule is COC(=O)C1OC(=O)NC1Cc1ccccc1. The molecule has 0 bridgehead atoms. The predicted molar refractivity (Wildman–Crippen MR) is 59.4 cm³/mol. The number of hydrogen-bond donors (Lipinski definition) is 1. The number of nitrogens with one attached hydrogen (secondary N) is 1. The van der Waals surface area contributed by atoms with Crippen LogP contribution in [-0.2, 0) is 20.7 Å². The maximum Gasteiger partial charge on any atom is 0.408 e. The molecule has 1 aliphatic rings. The number of alkyl carbamates (subject to hydrolysis) is 1. The first-order valence-electron chi connectivity index (χ1n) is 5.29. The van der Waals surface area contributed by atoms with Crippen molar-refractivity contribution in [2.45, 2.75) is 18.6 Å². The summed E-state index contributed by atoms with van der Waals surface area (Å²) in [4.78, 5) is 22.6. The van der Waals surface area contributed by atoms with E-state index in [0.29, 0.717) is 6.42 Å². The lowest BCUT2D eigenvalue weighted by atomic mass is 10.0. The third-order valence-corrected chi connectivity index (χ3v) is 2.63. The molecule has 17 heavy (non-hydrogen) atoms. The van der Waals surface area contributed by atoms with Crippen molar-refractivity contribution in [3.63, 3.8) is 0 Å². The zero-order valence-corrected chi connectivity index (χ0v) is 9.38. The highest BCUT2D eigenvalue weighted by atomic mass is 16.6. The van der Waals surface area contributed by atoms with E-state index in [-0.39, 0.29) is 6.04 Å². The van der Waals surface area contributed by atoms with Crippen molar-refractivity contribution >= 4 is 12.1 Å². The summed E-state index contributed by atoms with van der Waals surface area (Å²) in [5.74, 6) is -0.538. The normalized spacial score (nSPS) is 22.8. The van der Waals surface area contributed by atoms with Gasteiger partial charge in [0, 0.05) is 0 Å². The van der Waals surface area contributed by atoms with Gasteiger partial charge in [-0.05, 0) is 12.0 Å². The molecule has 0 saturated carbocycles. The highest BCUT2D eigenvalue weighted by Gasteiger charge is 2.40. The number of amides is 1. The van der Waals surface area contributed by atoms with Crippen LogP contribution < -0.4 is 5.32 Å². The summed E-state index contributed by atoms with van der Waals surface area (Å²) >= 11 is 0. The molecule has 1 aliphatic heterocycles.